The van der Waals surface area contributed by atoms with Crippen molar-refractivity contribution in [2.45, 2.75) is 12.4 Å². The maximum absolute atomic E-state index is 10.5. The summed E-state index contributed by atoms with van der Waals surface area (Å²) in [7, 11) is 0. The molecule has 1 aliphatic rings. The lowest BCUT2D eigenvalue weighted by Crippen LogP contribution is -2.39. The van der Waals surface area contributed by atoms with Gasteiger partial charge in [-0.2, -0.15) is 5.48 Å². The van der Waals surface area contributed by atoms with Crippen molar-refractivity contribution in [3.63, 3.8) is 0 Å². The number of non-ortho nitro benzene ring substituents is 1. The van der Waals surface area contributed by atoms with Crippen LogP contribution in [0.5, 0.6) is 5.75 Å². The van der Waals surface area contributed by atoms with Crippen LogP contribution in [0.2, 0.25) is 0 Å². The van der Waals surface area contributed by atoms with Crippen molar-refractivity contribution in [3.05, 3.63) is 34.4 Å². The number of ether oxygens (including phenoxy) is 1. The largest absolute Gasteiger partial charge is 0.490 e. The molecule has 0 radical (unpaired) electrons. The van der Waals surface area contributed by atoms with Crippen LogP contribution in [0.1, 0.15) is 0 Å². The van der Waals surface area contributed by atoms with Gasteiger partial charge in [-0.25, -0.2) is 0 Å². The van der Waals surface area contributed by atoms with Crippen molar-refractivity contribution in [2.24, 2.45) is 0 Å². The van der Waals surface area contributed by atoms with Crippen LogP contribution in [0.4, 0.5) is 5.69 Å². The minimum absolute atomic E-state index is 0.0324. The Kier molecular flexibility index (Phi) is 4.32. The molecular weight excluding hydrogens is 262 g/mol. The van der Waals surface area contributed by atoms with E-state index in [4.69, 9.17) is 21.2 Å². The van der Waals surface area contributed by atoms with Crippen molar-refractivity contribution in [1.29, 1.82) is 0 Å². The Hall–Kier alpha value is -1.41. The minimum Gasteiger partial charge on any atom is -0.490 e. The zero-order chi connectivity index (χ0) is 13.0. The van der Waals surface area contributed by atoms with Gasteiger partial charge in [-0.15, -0.1) is 11.6 Å². The molecule has 1 saturated heterocycles. The lowest BCUT2D eigenvalue weighted by Gasteiger charge is -2.11. The highest BCUT2D eigenvalue weighted by Crippen LogP contribution is 2.17. The van der Waals surface area contributed by atoms with E-state index >= 15 is 0 Å². The Morgan fingerprint density at radius 3 is 2.72 bits per heavy atom. The first-order valence-corrected chi connectivity index (χ1v) is 5.83. The maximum atomic E-state index is 10.5. The number of nitrogens with one attached hydrogen (secondary N) is 2. The van der Waals surface area contributed by atoms with Gasteiger partial charge in [0.1, 0.15) is 24.8 Å². The second-order valence-electron chi connectivity index (χ2n) is 3.66. The molecule has 0 aliphatic carbocycles. The lowest BCUT2D eigenvalue weighted by molar-refractivity contribution is -0.384. The summed E-state index contributed by atoms with van der Waals surface area (Å²) in [5.41, 5.74) is 2.76. The van der Waals surface area contributed by atoms with Gasteiger partial charge >= 0.3 is 0 Å². The molecule has 1 aliphatic heterocycles. The smallest absolute Gasteiger partial charge is 0.269 e. The average Bonchev–Trinajstić information content (AvgIpc) is 2.85. The number of hydrogen-bond donors (Lipinski definition) is 2. The van der Waals surface area contributed by atoms with Crippen LogP contribution in [-0.2, 0) is 4.84 Å². The third-order valence-corrected chi connectivity index (χ3v) is 2.62. The van der Waals surface area contributed by atoms with Gasteiger partial charge in [-0.3, -0.25) is 20.3 Å². The van der Waals surface area contributed by atoms with Gasteiger partial charge in [0.2, 0.25) is 0 Å². The monoisotopic (exact) mass is 273 g/mol. The number of benzene rings is 1. The zero-order valence-corrected chi connectivity index (χ0v) is 10.1. The number of nitro benzene ring substituents is 1. The predicted octanol–water partition coefficient (Wildman–Crippen LogP) is 0.989. The molecular formula is C10H12ClN3O4. The molecule has 98 valence electrons. The number of nitro groups is 1. The number of halogens is 1. The maximum Gasteiger partial charge on any atom is 0.269 e. The summed E-state index contributed by atoms with van der Waals surface area (Å²) in [6, 6.07) is 5.88. The van der Waals surface area contributed by atoms with Crippen LogP contribution in [0, 0.1) is 10.1 Å². The van der Waals surface area contributed by atoms with Gasteiger partial charge in [0.05, 0.1) is 10.8 Å². The molecule has 1 fully saturated rings. The van der Waals surface area contributed by atoms with Crippen LogP contribution in [0.15, 0.2) is 24.3 Å². The molecule has 7 nitrogen and oxygen atoms in total. The van der Waals surface area contributed by atoms with E-state index < -0.39 is 4.92 Å². The van der Waals surface area contributed by atoms with Crippen molar-refractivity contribution in [1.82, 2.24) is 10.8 Å². The van der Waals surface area contributed by atoms with Crippen molar-refractivity contribution in [2.75, 3.05) is 12.5 Å². The van der Waals surface area contributed by atoms with Crippen LogP contribution in [-0.4, -0.2) is 29.8 Å². The van der Waals surface area contributed by atoms with E-state index in [2.05, 4.69) is 10.8 Å². The molecule has 0 saturated carbocycles. The summed E-state index contributed by atoms with van der Waals surface area (Å²) >= 11 is 5.61. The number of rotatable bonds is 5. The molecule has 1 aromatic carbocycles. The highest BCUT2D eigenvalue weighted by Gasteiger charge is 2.23. The molecule has 0 amide bonds. The van der Waals surface area contributed by atoms with E-state index in [9.17, 15) is 10.1 Å². The summed E-state index contributed by atoms with van der Waals surface area (Å²) in [6.07, 6.45) is -0.402. The molecule has 2 N–H and O–H groups in total. The SMILES string of the molecule is O=[N+]([O-])c1ccc(OCC2NOC(CCl)N2)cc1. The Balaban J connectivity index is 1.82. The molecule has 0 bridgehead atoms. The Bertz CT molecular complexity index is 414. The Morgan fingerprint density at radius 2 is 2.17 bits per heavy atom. The van der Waals surface area contributed by atoms with Gasteiger partial charge in [0.25, 0.3) is 5.69 Å². The molecule has 1 aromatic rings. The van der Waals surface area contributed by atoms with E-state index in [1.165, 1.54) is 12.1 Å². The summed E-state index contributed by atoms with van der Waals surface area (Å²) in [4.78, 5) is 15.1. The van der Waals surface area contributed by atoms with Crippen LogP contribution in [0.3, 0.4) is 0 Å². The van der Waals surface area contributed by atoms with Gasteiger partial charge in [0.15, 0.2) is 0 Å². The number of hydroxylamine groups is 1. The van der Waals surface area contributed by atoms with E-state index in [1.54, 1.807) is 12.1 Å². The minimum atomic E-state index is -0.456. The predicted molar refractivity (Wildman–Crippen MR) is 64.2 cm³/mol. The van der Waals surface area contributed by atoms with Gasteiger partial charge in [-0.1, -0.05) is 0 Å². The summed E-state index contributed by atoms with van der Waals surface area (Å²) in [5, 5.41) is 13.5. The van der Waals surface area contributed by atoms with E-state index in [0.717, 1.165) is 0 Å². The third-order valence-electron chi connectivity index (χ3n) is 2.34. The zero-order valence-electron chi connectivity index (χ0n) is 9.34. The normalized spacial score (nSPS) is 22.9. The average molecular weight is 274 g/mol. The topological polar surface area (TPSA) is 85.7 Å². The van der Waals surface area contributed by atoms with E-state index in [-0.39, 0.29) is 18.1 Å². The summed E-state index contributed by atoms with van der Waals surface area (Å²) in [6.45, 7) is 0.325. The first-order chi connectivity index (χ1) is 8.69. The standard InChI is InChI=1S/C10H12ClN3O4/c11-5-10-12-9(13-18-10)6-17-8-3-1-7(2-4-8)14(15)16/h1-4,9-10,12-13H,5-6H2. The Labute approximate surface area is 108 Å². The molecule has 2 atom stereocenters. The first kappa shape index (κ1) is 13.0. The lowest BCUT2D eigenvalue weighted by atomic mass is 10.3. The quantitative estimate of drug-likeness (QED) is 0.473. The van der Waals surface area contributed by atoms with Crippen LogP contribution >= 0.6 is 11.6 Å². The first-order valence-electron chi connectivity index (χ1n) is 5.29. The molecule has 1 heterocycles. The number of nitrogens with zero attached hydrogens (tertiary/aromatic N) is 1. The molecule has 2 rings (SSSR count). The second kappa shape index (κ2) is 5.96. The molecule has 8 heteroatoms. The molecule has 18 heavy (non-hydrogen) atoms. The van der Waals surface area contributed by atoms with Crippen molar-refractivity contribution < 1.29 is 14.5 Å². The van der Waals surface area contributed by atoms with Crippen LogP contribution < -0.4 is 15.5 Å². The van der Waals surface area contributed by atoms with Gasteiger partial charge in [0, 0.05) is 12.1 Å². The summed E-state index contributed by atoms with van der Waals surface area (Å²) < 4.78 is 5.45. The van der Waals surface area contributed by atoms with Gasteiger partial charge < -0.3 is 4.74 Å². The molecule has 2 unspecified atom stereocenters. The third kappa shape index (κ3) is 3.30. The molecule has 0 spiro atoms. The number of alkyl halides is 1. The molecule has 0 aromatic heterocycles. The van der Waals surface area contributed by atoms with Crippen molar-refractivity contribution >= 4 is 17.3 Å². The highest BCUT2D eigenvalue weighted by atomic mass is 35.5. The summed E-state index contributed by atoms with van der Waals surface area (Å²) in [5.74, 6) is 0.889. The van der Waals surface area contributed by atoms with Crippen molar-refractivity contribution in [3.8, 4) is 5.75 Å². The number of hydrogen-bond acceptors (Lipinski definition) is 6. The second-order valence-corrected chi connectivity index (χ2v) is 3.97. The fourth-order valence-electron chi connectivity index (χ4n) is 1.46. The fourth-order valence-corrected chi connectivity index (χ4v) is 1.61. The van der Waals surface area contributed by atoms with E-state index in [0.29, 0.717) is 18.2 Å². The highest BCUT2D eigenvalue weighted by molar-refractivity contribution is 6.18. The van der Waals surface area contributed by atoms with Gasteiger partial charge in [-0.05, 0) is 12.1 Å². The van der Waals surface area contributed by atoms with E-state index in [1.807, 2.05) is 0 Å². The Morgan fingerprint density at radius 1 is 1.44 bits per heavy atom. The van der Waals surface area contributed by atoms with Crippen LogP contribution in [0.25, 0.3) is 0 Å². The fraction of sp³-hybridized carbons (Fsp3) is 0.400.